The molecule has 33 heavy (non-hydrogen) atoms. The Labute approximate surface area is 201 Å². The van der Waals surface area contributed by atoms with E-state index >= 15 is 0 Å². The molecule has 2 aromatic rings. The summed E-state index contributed by atoms with van der Waals surface area (Å²) in [6, 6.07) is 0. The molecule has 0 bridgehead atoms. The normalized spacial score (nSPS) is 12.7. The summed E-state index contributed by atoms with van der Waals surface area (Å²) in [6.07, 6.45) is 2.82. The van der Waals surface area contributed by atoms with E-state index in [-0.39, 0.29) is 29.7 Å². The van der Waals surface area contributed by atoms with Crippen LogP contribution >= 0.6 is 23.1 Å². The molecule has 0 atom stereocenters. The van der Waals surface area contributed by atoms with Gasteiger partial charge in [0.2, 0.25) is 5.91 Å². The molecule has 0 spiro atoms. The van der Waals surface area contributed by atoms with Crippen molar-refractivity contribution in [3.8, 4) is 0 Å². The number of aromatic nitrogens is 3. The van der Waals surface area contributed by atoms with E-state index in [9.17, 15) is 14.4 Å². The number of hydrogen-bond donors (Lipinski definition) is 1. The zero-order valence-electron chi connectivity index (χ0n) is 19.4. The molecule has 0 aromatic carbocycles. The number of thioether (sulfide) groups is 1. The van der Waals surface area contributed by atoms with Crippen LogP contribution in [0.2, 0.25) is 0 Å². The van der Waals surface area contributed by atoms with Gasteiger partial charge in [0.1, 0.15) is 5.03 Å². The van der Waals surface area contributed by atoms with Crippen LogP contribution in [0.25, 0.3) is 0 Å². The van der Waals surface area contributed by atoms with Gasteiger partial charge in [0, 0.05) is 29.7 Å². The Morgan fingerprint density at radius 2 is 2.03 bits per heavy atom. The van der Waals surface area contributed by atoms with Gasteiger partial charge in [-0.15, -0.1) is 11.3 Å². The van der Waals surface area contributed by atoms with Crippen molar-refractivity contribution in [2.24, 2.45) is 0 Å². The summed E-state index contributed by atoms with van der Waals surface area (Å²) in [5.41, 5.74) is 2.48. The van der Waals surface area contributed by atoms with Gasteiger partial charge in [0.25, 0.3) is 0 Å². The van der Waals surface area contributed by atoms with Gasteiger partial charge in [-0.05, 0) is 39.3 Å². The maximum absolute atomic E-state index is 12.7. The number of hydrogen-bond acceptors (Lipinski definition) is 9. The molecule has 3 rings (SSSR count). The Bertz CT molecular complexity index is 1030. The van der Waals surface area contributed by atoms with Crippen LogP contribution in [0.4, 0.5) is 5.13 Å². The summed E-state index contributed by atoms with van der Waals surface area (Å²) in [6.45, 7) is 9.67. The fraction of sp³-hybridized carbons (Fsp3) is 0.591. The first kappa shape index (κ1) is 25.4. The predicted octanol–water partition coefficient (Wildman–Crippen LogP) is 2.37. The highest BCUT2D eigenvalue weighted by molar-refractivity contribution is 8.00. The molecule has 180 valence electrons. The number of esters is 1. The molecule has 0 fully saturated rings. The van der Waals surface area contributed by atoms with Gasteiger partial charge < -0.3 is 15.0 Å². The summed E-state index contributed by atoms with van der Waals surface area (Å²) >= 11 is 2.55. The number of fused-ring (bicyclic) bond motifs is 1. The minimum Gasteiger partial charge on any atom is -0.466 e. The van der Waals surface area contributed by atoms with Crippen LogP contribution in [0.1, 0.15) is 44.1 Å². The monoisotopic (exact) mass is 493 g/mol. The summed E-state index contributed by atoms with van der Waals surface area (Å²) in [4.78, 5) is 47.6. The number of anilines is 1. The molecule has 1 aliphatic carbocycles. The molecule has 1 aliphatic rings. The topological polar surface area (TPSA) is 106 Å². The molecule has 0 saturated heterocycles. The number of carbonyl (C=O) groups excluding carboxylic acids is 2. The lowest BCUT2D eigenvalue weighted by Crippen LogP contribution is -2.34. The number of likely N-dealkylation sites (N-methyl/N-ethyl adjacent to an activating group) is 1. The number of rotatable bonds is 12. The number of thiazole rings is 1. The second-order valence-electron chi connectivity index (χ2n) is 7.62. The number of carbonyl (C=O) groups is 2. The van der Waals surface area contributed by atoms with Crippen molar-refractivity contribution in [2.75, 3.05) is 37.3 Å². The fourth-order valence-corrected chi connectivity index (χ4v) is 5.42. The molecular formula is C22H31N5O4S2. The van der Waals surface area contributed by atoms with E-state index in [1.807, 2.05) is 4.57 Å². The lowest BCUT2D eigenvalue weighted by atomic mass is 10.2. The van der Waals surface area contributed by atoms with Crippen LogP contribution in [-0.4, -0.2) is 63.3 Å². The lowest BCUT2D eigenvalue weighted by molar-refractivity contribution is -0.142. The van der Waals surface area contributed by atoms with Crippen LogP contribution in [0.5, 0.6) is 0 Å². The summed E-state index contributed by atoms with van der Waals surface area (Å²) < 4.78 is 6.73. The fourth-order valence-electron chi connectivity index (χ4n) is 3.81. The van der Waals surface area contributed by atoms with Gasteiger partial charge >= 0.3 is 11.7 Å². The summed E-state index contributed by atoms with van der Waals surface area (Å²) in [5.74, 6) is -0.436. The largest absolute Gasteiger partial charge is 0.466 e. The van der Waals surface area contributed by atoms with E-state index in [1.54, 1.807) is 12.3 Å². The van der Waals surface area contributed by atoms with Crippen LogP contribution in [0.3, 0.4) is 0 Å². The molecule has 1 N–H and O–H groups in total. The van der Waals surface area contributed by atoms with E-state index in [0.717, 1.165) is 50.2 Å². The maximum atomic E-state index is 12.7. The lowest BCUT2D eigenvalue weighted by Gasteiger charge is -2.20. The van der Waals surface area contributed by atoms with E-state index in [4.69, 9.17) is 4.74 Å². The van der Waals surface area contributed by atoms with Crippen molar-refractivity contribution in [2.45, 2.75) is 58.0 Å². The Morgan fingerprint density at radius 1 is 1.24 bits per heavy atom. The average Bonchev–Trinajstić information content (AvgIpc) is 3.44. The highest BCUT2D eigenvalue weighted by atomic mass is 32.2. The molecule has 0 saturated carbocycles. The van der Waals surface area contributed by atoms with Gasteiger partial charge in [0.05, 0.1) is 24.5 Å². The Balaban J connectivity index is 1.60. The zero-order valence-corrected chi connectivity index (χ0v) is 21.0. The smallest absolute Gasteiger partial charge is 0.348 e. The van der Waals surface area contributed by atoms with Gasteiger partial charge in [-0.1, -0.05) is 25.6 Å². The van der Waals surface area contributed by atoms with Crippen LogP contribution in [0.15, 0.2) is 15.2 Å². The number of nitrogens with one attached hydrogen (secondary N) is 1. The van der Waals surface area contributed by atoms with E-state index in [2.05, 4.69) is 34.0 Å². The predicted molar refractivity (Wildman–Crippen MR) is 130 cm³/mol. The third-order valence-corrected chi connectivity index (χ3v) is 7.33. The first-order chi connectivity index (χ1) is 15.9. The first-order valence-electron chi connectivity index (χ1n) is 11.3. The Kier molecular flexibility index (Phi) is 9.45. The third-order valence-electron chi connectivity index (χ3n) is 5.50. The number of amides is 1. The van der Waals surface area contributed by atoms with Gasteiger partial charge in [-0.25, -0.2) is 9.78 Å². The number of nitrogens with zero attached hydrogens (tertiary/aromatic N) is 4. The summed E-state index contributed by atoms with van der Waals surface area (Å²) in [5, 5.41) is 5.58. The summed E-state index contributed by atoms with van der Waals surface area (Å²) in [7, 11) is 0. The molecule has 0 unspecified atom stereocenters. The molecule has 11 heteroatoms. The molecule has 0 aliphatic heterocycles. The maximum Gasteiger partial charge on any atom is 0.348 e. The third kappa shape index (κ3) is 6.87. The number of ether oxygens (including phenoxy) is 1. The van der Waals surface area contributed by atoms with Crippen molar-refractivity contribution in [3.05, 3.63) is 32.8 Å². The second kappa shape index (κ2) is 12.3. The second-order valence-corrected chi connectivity index (χ2v) is 9.44. The minimum absolute atomic E-state index is 0.0790. The average molecular weight is 494 g/mol. The van der Waals surface area contributed by atoms with Crippen LogP contribution in [0, 0.1) is 0 Å². The highest BCUT2D eigenvalue weighted by Gasteiger charge is 2.23. The van der Waals surface area contributed by atoms with Gasteiger partial charge in [-0.2, -0.15) is 4.98 Å². The van der Waals surface area contributed by atoms with Crippen molar-refractivity contribution in [1.29, 1.82) is 0 Å². The minimum atomic E-state index is -0.344. The van der Waals surface area contributed by atoms with Crippen LogP contribution < -0.4 is 11.0 Å². The van der Waals surface area contributed by atoms with Gasteiger partial charge in [-0.3, -0.25) is 14.2 Å². The molecule has 2 aromatic heterocycles. The quantitative estimate of drug-likeness (QED) is 0.273. The van der Waals surface area contributed by atoms with Crippen molar-refractivity contribution < 1.29 is 14.3 Å². The molecule has 1 amide bonds. The molecular weight excluding hydrogens is 462 g/mol. The molecule has 0 radical (unpaired) electrons. The first-order valence-corrected chi connectivity index (χ1v) is 13.2. The highest BCUT2D eigenvalue weighted by Crippen LogP contribution is 2.29. The Morgan fingerprint density at radius 3 is 2.76 bits per heavy atom. The Hall–Kier alpha value is -2.24. The molecule has 9 nitrogen and oxygen atoms in total. The SMILES string of the molecule is CCOC(=O)Cc1csc(NC(=O)CSc2nc(=O)n(CCN(CC)CC)c3c2CCC3)n1. The molecule has 2 heterocycles. The van der Waals surface area contributed by atoms with Crippen molar-refractivity contribution in [3.63, 3.8) is 0 Å². The van der Waals surface area contributed by atoms with Crippen molar-refractivity contribution >= 4 is 40.1 Å². The van der Waals surface area contributed by atoms with E-state index < -0.39 is 0 Å². The van der Waals surface area contributed by atoms with E-state index in [1.165, 1.54) is 23.1 Å². The standard InChI is InChI=1S/C22H31N5O4S2/c1-4-26(5-2)10-11-27-17-9-7-8-16(17)20(25-22(27)30)32-14-18(28)24-21-23-15(13-33-21)12-19(29)31-6-3/h13H,4-12,14H2,1-3H3,(H,23,24,28). The van der Waals surface area contributed by atoms with Crippen molar-refractivity contribution in [1.82, 2.24) is 19.4 Å². The van der Waals surface area contributed by atoms with E-state index in [0.29, 0.717) is 29.0 Å². The van der Waals surface area contributed by atoms with Crippen LogP contribution in [-0.2, 0) is 40.1 Å². The van der Waals surface area contributed by atoms with Gasteiger partial charge in [0.15, 0.2) is 5.13 Å². The zero-order chi connectivity index (χ0) is 23.8.